The zero-order chi connectivity index (χ0) is 15.9. The Morgan fingerprint density at radius 1 is 1.27 bits per heavy atom. The van der Waals surface area contributed by atoms with Crippen LogP contribution in [-0.2, 0) is 16.0 Å². The molecule has 0 aromatic heterocycles. The van der Waals surface area contributed by atoms with Crippen LogP contribution >= 0.6 is 0 Å². The molecule has 0 spiro atoms. The molecule has 4 heteroatoms. The van der Waals surface area contributed by atoms with E-state index in [-0.39, 0.29) is 5.92 Å². The number of allylic oxidation sites excluding steroid dienone is 3. The van der Waals surface area contributed by atoms with Gasteiger partial charge < -0.3 is 10.2 Å². The van der Waals surface area contributed by atoms with Gasteiger partial charge in [-0.2, -0.15) is 0 Å². The number of carboxylic acid groups (broad SMARTS) is 2. The minimum atomic E-state index is -0.849. The van der Waals surface area contributed by atoms with E-state index in [2.05, 4.69) is 0 Å². The molecule has 3 rings (SSSR count). The molecule has 4 nitrogen and oxygen atoms in total. The van der Waals surface area contributed by atoms with Gasteiger partial charge in [0.1, 0.15) is 0 Å². The van der Waals surface area contributed by atoms with E-state index in [1.54, 1.807) is 13.0 Å². The maximum atomic E-state index is 11.3. The highest BCUT2D eigenvalue weighted by Gasteiger charge is 2.30. The van der Waals surface area contributed by atoms with Crippen LogP contribution in [0.25, 0.3) is 0 Å². The predicted molar refractivity (Wildman–Crippen MR) is 82.0 cm³/mol. The summed E-state index contributed by atoms with van der Waals surface area (Å²) in [6.45, 7) is 1.71. The quantitative estimate of drug-likeness (QED) is 0.898. The molecule has 2 aliphatic carbocycles. The maximum Gasteiger partial charge on any atom is 0.331 e. The van der Waals surface area contributed by atoms with E-state index in [4.69, 9.17) is 5.11 Å². The van der Waals surface area contributed by atoms with Crippen molar-refractivity contribution in [3.63, 3.8) is 0 Å². The average Bonchev–Trinajstić information content (AvgIpc) is 2.52. The Balaban J connectivity index is 2.03. The van der Waals surface area contributed by atoms with Crippen LogP contribution in [0.2, 0.25) is 0 Å². The van der Waals surface area contributed by atoms with Gasteiger partial charge in [-0.05, 0) is 54.5 Å². The molecule has 2 atom stereocenters. The highest BCUT2D eigenvalue weighted by Crippen LogP contribution is 2.42. The molecule has 0 heterocycles. The summed E-state index contributed by atoms with van der Waals surface area (Å²) in [7, 11) is 0. The van der Waals surface area contributed by atoms with E-state index in [0.717, 1.165) is 28.7 Å². The van der Waals surface area contributed by atoms with Crippen LogP contribution in [0.4, 0.5) is 0 Å². The third-order valence-corrected chi connectivity index (χ3v) is 4.72. The van der Waals surface area contributed by atoms with Crippen molar-refractivity contribution in [2.24, 2.45) is 0 Å². The zero-order valence-corrected chi connectivity index (χ0v) is 12.4. The molecule has 2 aliphatic rings. The fourth-order valence-electron chi connectivity index (χ4n) is 3.49. The zero-order valence-electron chi connectivity index (χ0n) is 12.4. The number of hydrogen-bond acceptors (Lipinski definition) is 2. The summed E-state index contributed by atoms with van der Waals surface area (Å²) in [5.41, 5.74) is 4.63. The lowest BCUT2D eigenvalue weighted by Gasteiger charge is -2.31. The van der Waals surface area contributed by atoms with Crippen molar-refractivity contribution in [3.8, 4) is 0 Å². The van der Waals surface area contributed by atoms with Crippen molar-refractivity contribution < 1.29 is 19.8 Å². The molecule has 0 saturated carbocycles. The van der Waals surface area contributed by atoms with Crippen molar-refractivity contribution >= 4 is 11.9 Å². The van der Waals surface area contributed by atoms with Crippen molar-refractivity contribution in [2.75, 3.05) is 0 Å². The second-order valence-corrected chi connectivity index (χ2v) is 5.95. The Morgan fingerprint density at radius 2 is 2.05 bits per heavy atom. The second kappa shape index (κ2) is 5.44. The van der Waals surface area contributed by atoms with Gasteiger partial charge in [-0.25, -0.2) is 4.79 Å². The Bertz CT molecular complexity index is 712. The first-order valence-corrected chi connectivity index (χ1v) is 7.47. The topological polar surface area (TPSA) is 74.6 Å². The monoisotopic (exact) mass is 298 g/mol. The Hall–Kier alpha value is -2.36. The summed E-state index contributed by atoms with van der Waals surface area (Å²) in [6.07, 6.45) is 5.82. The number of benzene rings is 1. The summed E-state index contributed by atoms with van der Waals surface area (Å²) >= 11 is 0. The largest absolute Gasteiger partial charge is 0.481 e. The highest BCUT2D eigenvalue weighted by atomic mass is 16.4. The highest BCUT2D eigenvalue weighted by molar-refractivity contribution is 5.88. The molecular weight excluding hydrogens is 280 g/mol. The fourth-order valence-corrected chi connectivity index (χ4v) is 3.49. The number of carboxylic acids is 2. The fraction of sp³-hybridized carbons (Fsp3) is 0.333. The van der Waals surface area contributed by atoms with Crippen molar-refractivity contribution in [2.45, 2.75) is 38.0 Å². The van der Waals surface area contributed by atoms with E-state index in [9.17, 15) is 14.7 Å². The predicted octanol–water partition coefficient (Wildman–Crippen LogP) is 3.25. The lowest BCUT2D eigenvalue weighted by Crippen LogP contribution is -2.19. The van der Waals surface area contributed by atoms with Gasteiger partial charge in [-0.1, -0.05) is 24.3 Å². The molecule has 0 radical (unpaired) electrons. The summed E-state index contributed by atoms with van der Waals surface area (Å²) in [6, 6.07) is 5.84. The maximum absolute atomic E-state index is 11.3. The molecule has 2 unspecified atom stereocenters. The van der Waals surface area contributed by atoms with Crippen LogP contribution in [-0.4, -0.2) is 22.2 Å². The van der Waals surface area contributed by atoms with Gasteiger partial charge in [0.2, 0.25) is 0 Å². The second-order valence-electron chi connectivity index (χ2n) is 5.95. The van der Waals surface area contributed by atoms with Crippen molar-refractivity contribution in [3.05, 3.63) is 58.2 Å². The number of hydrogen-bond donors (Lipinski definition) is 2. The SMILES string of the molecule is CC(C(=O)O)c1cccc2c1CC=C1C=C(C(=O)O)CCC12. The number of rotatable bonds is 3. The number of carbonyl (C=O) groups is 2. The normalized spacial score (nSPS) is 21.0. The molecule has 22 heavy (non-hydrogen) atoms. The Morgan fingerprint density at radius 3 is 2.73 bits per heavy atom. The summed E-state index contributed by atoms with van der Waals surface area (Å²) < 4.78 is 0. The van der Waals surface area contributed by atoms with Crippen LogP contribution in [0.5, 0.6) is 0 Å². The Labute approximate surface area is 128 Å². The van der Waals surface area contributed by atoms with E-state index in [1.807, 2.05) is 24.3 Å². The first-order valence-electron chi connectivity index (χ1n) is 7.47. The third kappa shape index (κ3) is 2.34. The first-order chi connectivity index (χ1) is 10.5. The number of fused-ring (bicyclic) bond motifs is 3. The molecule has 0 bridgehead atoms. The van der Waals surface area contributed by atoms with Crippen molar-refractivity contribution in [1.29, 1.82) is 0 Å². The van der Waals surface area contributed by atoms with Crippen LogP contribution in [0.3, 0.4) is 0 Å². The van der Waals surface area contributed by atoms with Gasteiger partial charge in [-0.3, -0.25) is 4.79 Å². The molecule has 1 aromatic rings. The van der Waals surface area contributed by atoms with Gasteiger partial charge in [0.05, 0.1) is 5.92 Å². The summed E-state index contributed by atoms with van der Waals surface area (Å²) in [4.78, 5) is 22.4. The van der Waals surface area contributed by atoms with Crippen LogP contribution in [0.1, 0.15) is 48.3 Å². The van der Waals surface area contributed by atoms with Crippen LogP contribution in [0, 0.1) is 0 Å². The summed E-state index contributed by atoms with van der Waals surface area (Å²) in [5.74, 6) is -2.01. The van der Waals surface area contributed by atoms with Gasteiger partial charge >= 0.3 is 11.9 Å². The molecule has 1 aromatic carbocycles. The Kier molecular flexibility index (Phi) is 3.61. The lowest BCUT2D eigenvalue weighted by atomic mass is 9.73. The van der Waals surface area contributed by atoms with Gasteiger partial charge in [0.25, 0.3) is 0 Å². The first kappa shape index (κ1) is 14.6. The van der Waals surface area contributed by atoms with E-state index < -0.39 is 17.9 Å². The van der Waals surface area contributed by atoms with E-state index >= 15 is 0 Å². The molecule has 2 N–H and O–H groups in total. The van der Waals surface area contributed by atoms with E-state index in [0.29, 0.717) is 18.4 Å². The molecule has 0 fully saturated rings. The smallest absolute Gasteiger partial charge is 0.331 e. The van der Waals surface area contributed by atoms with E-state index in [1.165, 1.54) is 0 Å². The molecular formula is C18H18O4. The molecule has 0 amide bonds. The lowest BCUT2D eigenvalue weighted by molar-refractivity contribution is -0.138. The molecule has 0 aliphatic heterocycles. The number of aliphatic carboxylic acids is 2. The van der Waals surface area contributed by atoms with Gasteiger partial charge in [-0.15, -0.1) is 0 Å². The third-order valence-electron chi connectivity index (χ3n) is 4.72. The standard InChI is InChI=1S/C18H18O4/c1-10(17(19)20)13-3-2-4-15-14-7-6-12(18(21)22)9-11(14)5-8-16(13)15/h2-5,9-10,14H,6-8H2,1H3,(H,19,20)(H,21,22). The summed E-state index contributed by atoms with van der Waals surface area (Å²) in [5, 5.41) is 18.4. The van der Waals surface area contributed by atoms with Crippen LogP contribution in [0.15, 0.2) is 41.5 Å². The minimum Gasteiger partial charge on any atom is -0.481 e. The van der Waals surface area contributed by atoms with Crippen molar-refractivity contribution in [1.82, 2.24) is 0 Å². The van der Waals surface area contributed by atoms with Gasteiger partial charge in [0, 0.05) is 11.5 Å². The molecule has 114 valence electrons. The van der Waals surface area contributed by atoms with Crippen LogP contribution < -0.4 is 0 Å². The minimum absolute atomic E-state index is 0.188. The molecule has 0 saturated heterocycles. The van der Waals surface area contributed by atoms with Gasteiger partial charge in [0.15, 0.2) is 0 Å². The average molecular weight is 298 g/mol.